The molecular weight excluding hydrogens is 372 g/mol. The van der Waals surface area contributed by atoms with Gasteiger partial charge in [0.05, 0.1) is 13.0 Å². The number of pyridine rings is 1. The number of nitrogens with one attached hydrogen (secondary N) is 1. The van der Waals surface area contributed by atoms with E-state index in [9.17, 15) is 14.7 Å². The van der Waals surface area contributed by atoms with Gasteiger partial charge in [0.2, 0.25) is 17.1 Å². The van der Waals surface area contributed by atoms with Gasteiger partial charge < -0.3 is 19.6 Å². The molecule has 1 unspecified atom stereocenters. The van der Waals surface area contributed by atoms with E-state index in [0.717, 1.165) is 5.56 Å². The molecule has 0 aliphatic rings. The number of carbonyl (C=O) groups is 1. The van der Waals surface area contributed by atoms with E-state index in [0.29, 0.717) is 23.6 Å². The number of ether oxygens (including phenoxy) is 1. The summed E-state index contributed by atoms with van der Waals surface area (Å²) in [6.07, 6.45) is 3.33. The topological polar surface area (TPSA) is 102 Å². The Balaban J connectivity index is 1.88. The quantitative estimate of drug-likeness (QED) is 0.639. The lowest BCUT2D eigenvalue weighted by Crippen LogP contribution is -2.25. The Morgan fingerprint density at radius 2 is 2.03 bits per heavy atom. The Morgan fingerprint density at radius 1 is 1.28 bits per heavy atom. The predicted molar refractivity (Wildman–Crippen MR) is 107 cm³/mol. The van der Waals surface area contributed by atoms with Gasteiger partial charge in [-0.05, 0) is 36.2 Å². The molecule has 0 spiro atoms. The van der Waals surface area contributed by atoms with Crippen molar-refractivity contribution in [2.24, 2.45) is 0 Å². The highest BCUT2D eigenvalue weighted by atomic mass is 16.5. The number of rotatable bonds is 7. The van der Waals surface area contributed by atoms with Crippen molar-refractivity contribution in [2.75, 3.05) is 7.11 Å². The van der Waals surface area contributed by atoms with Crippen LogP contribution in [0.15, 0.2) is 64.1 Å². The molecule has 1 atom stereocenters. The Morgan fingerprint density at radius 3 is 2.69 bits per heavy atom. The summed E-state index contributed by atoms with van der Waals surface area (Å²) in [5, 5.41) is 13.1. The minimum absolute atomic E-state index is 0.00740. The standard InChI is InChI=1S/C22H22N2O5/c1-14-10-19(25)21(27)22(29-14)18(16-5-7-17(28-2)8-6-16)11-20(26)24-13-15-4-3-9-23-12-15/h3-10,12,18,27H,11,13H2,1-2H3,(H,24,26). The molecule has 7 heteroatoms. The van der Waals surface area contributed by atoms with Crippen molar-refractivity contribution in [2.45, 2.75) is 25.8 Å². The van der Waals surface area contributed by atoms with Crippen molar-refractivity contribution >= 4 is 5.91 Å². The third-order valence-corrected chi connectivity index (χ3v) is 4.51. The maximum absolute atomic E-state index is 12.6. The summed E-state index contributed by atoms with van der Waals surface area (Å²) in [5.41, 5.74) is 1.04. The first-order valence-electron chi connectivity index (χ1n) is 9.11. The first-order chi connectivity index (χ1) is 14.0. The first kappa shape index (κ1) is 20.1. The minimum Gasteiger partial charge on any atom is -0.502 e. The monoisotopic (exact) mass is 394 g/mol. The van der Waals surface area contributed by atoms with Crippen molar-refractivity contribution in [1.82, 2.24) is 10.3 Å². The molecule has 0 aliphatic carbocycles. The van der Waals surface area contributed by atoms with Gasteiger partial charge in [0.1, 0.15) is 11.5 Å². The van der Waals surface area contributed by atoms with Crippen LogP contribution in [0.4, 0.5) is 0 Å². The van der Waals surface area contributed by atoms with Crippen LogP contribution in [0, 0.1) is 6.92 Å². The highest BCUT2D eigenvalue weighted by Crippen LogP contribution is 2.33. The summed E-state index contributed by atoms with van der Waals surface area (Å²) >= 11 is 0. The van der Waals surface area contributed by atoms with Gasteiger partial charge in [-0.2, -0.15) is 0 Å². The predicted octanol–water partition coefficient (Wildman–Crippen LogP) is 2.90. The van der Waals surface area contributed by atoms with Crippen LogP contribution in [0.3, 0.4) is 0 Å². The zero-order valence-corrected chi connectivity index (χ0v) is 16.2. The number of hydrogen-bond donors (Lipinski definition) is 2. The minimum atomic E-state index is -0.637. The third-order valence-electron chi connectivity index (χ3n) is 4.51. The molecule has 3 aromatic rings. The Hall–Kier alpha value is -3.61. The maximum Gasteiger partial charge on any atom is 0.227 e. The van der Waals surface area contributed by atoms with Gasteiger partial charge in [-0.3, -0.25) is 14.6 Å². The summed E-state index contributed by atoms with van der Waals surface area (Å²) in [4.78, 5) is 28.7. The van der Waals surface area contributed by atoms with Crippen LogP contribution in [0.5, 0.6) is 11.5 Å². The largest absolute Gasteiger partial charge is 0.502 e. The van der Waals surface area contributed by atoms with E-state index in [4.69, 9.17) is 9.15 Å². The van der Waals surface area contributed by atoms with Crippen LogP contribution >= 0.6 is 0 Å². The van der Waals surface area contributed by atoms with E-state index in [1.165, 1.54) is 6.07 Å². The van der Waals surface area contributed by atoms with E-state index in [-0.39, 0.29) is 18.1 Å². The normalized spacial score (nSPS) is 11.7. The average molecular weight is 394 g/mol. The fraction of sp³-hybridized carbons (Fsp3) is 0.227. The zero-order valence-electron chi connectivity index (χ0n) is 16.2. The number of nitrogens with zero attached hydrogens (tertiary/aromatic N) is 1. The van der Waals surface area contributed by atoms with Crippen molar-refractivity contribution in [1.29, 1.82) is 0 Å². The van der Waals surface area contributed by atoms with Crippen LogP contribution in [-0.4, -0.2) is 23.1 Å². The molecule has 0 radical (unpaired) electrons. The summed E-state index contributed by atoms with van der Waals surface area (Å²) < 4.78 is 10.8. The van der Waals surface area contributed by atoms with E-state index < -0.39 is 17.1 Å². The first-order valence-corrected chi connectivity index (χ1v) is 9.11. The lowest BCUT2D eigenvalue weighted by Gasteiger charge is -2.18. The molecule has 2 N–H and O–H groups in total. The Bertz CT molecular complexity index is 1030. The average Bonchev–Trinajstić information content (AvgIpc) is 2.74. The van der Waals surface area contributed by atoms with E-state index in [1.807, 2.05) is 6.07 Å². The molecule has 0 fully saturated rings. The van der Waals surface area contributed by atoms with E-state index in [1.54, 1.807) is 56.8 Å². The van der Waals surface area contributed by atoms with E-state index in [2.05, 4.69) is 10.3 Å². The van der Waals surface area contributed by atoms with Gasteiger partial charge in [-0.1, -0.05) is 18.2 Å². The van der Waals surface area contributed by atoms with Gasteiger partial charge in [0, 0.05) is 31.4 Å². The molecule has 0 aliphatic heterocycles. The fourth-order valence-electron chi connectivity index (χ4n) is 3.02. The number of amides is 1. The molecular formula is C22H22N2O5. The van der Waals surface area contributed by atoms with Gasteiger partial charge in [0.25, 0.3) is 0 Å². The number of aryl methyl sites for hydroxylation is 1. The summed E-state index contributed by atoms with van der Waals surface area (Å²) in [7, 11) is 1.56. The fourth-order valence-corrected chi connectivity index (χ4v) is 3.02. The molecule has 1 aromatic carbocycles. The zero-order chi connectivity index (χ0) is 20.8. The molecule has 0 bridgehead atoms. The molecule has 29 heavy (non-hydrogen) atoms. The second-order valence-corrected chi connectivity index (χ2v) is 6.60. The van der Waals surface area contributed by atoms with Crippen molar-refractivity contribution < 1.29 is 19.1 Å². The molecule has 1 amide bonds. The second kappa shape index (κ2) is 9.05. The van der Waals surface area contributed by atoms with Crippen LogP contribution < -0.4 is 15.5 Å². The van der Waals surface area contributed by atoms with Gasteiger partial charge >= 0.3 is 0 Å². The van der Waals surface area contributed by atoms with Crippen LogP contribution in [0.2, 0.25) is 0 Å². The molecule has 0 saturated carbocycles. The van der Waals surface area contributed by atoms with Crippen LogP contribution in [0.25, 0.3) is 0 Å². The summed E-state index contributed by atoms with van der Waals surface area (Å²) in [6.45, 7) is 1.95. The molecule has 150 valence electrons. The second-order valence-electron chi connectivity index (χ2n) is 6.60. The number of hydrogen-bond acceptors (Lipinski definition) is 6. The Labute approximate surface area is 168 Å². The number of aromatic nitrogens is 1. The molecule has 0 saturated heterocycles. The number of carbonyl (C=O) groups excluding carboxylic acids is 1. The highest BCUT2D eigenvalue weighted by Gasteiger charge is 2.25. The SMILES string of the molecule is COc1ccc(C(CC(=O)NCc2cccnc2)c2oc(C)cc(=O)c2O)cc1. The third kappa shape index (κ3) is 5.01. The molecule has 7 nitrogen and oxygen atoms in total. The molecule has 2 heterocycles. The van der Waals surface area contributed by atoms with E-state index >= 15 is 0 Å². The summed E-state index contributed by atoms with van der Waals surface area (Å²) in [6, 6.07) is 11.9. The Kier molecular flexibility index (Phi) is 6.29. The molecule has 3 rings (SSSR count). The number of benzene rings is 1. The summed E-state index contributed by atoms with van der Waals surface area (Å²) in [5.74, 6) is -0.297. The van der Waals surface area contributed by atoms with Crippen molar-refractivity contribution in [3.05, 3.63) is 87.7 Å². The number of methoxy groups -OCH3 is 1. The van der Waals surface area contributed by atoms with Gasteiger partial charge in [-0.25, -0.2) is 0 Å². The van der Waals surface area contributed by atoms with Gasteiger partial charge in [0.15, 0.2) is 5.76 Å². The smallest absolute Gasteiger partial charge is 0.227 e. The lowest BCUT2D eigenvalue weighted by molar-refractivity contribution is -0.121. The van der Waals surface area contributed by atoms with Crippen molar-refractivity contribution in [3.8, 4) is 11.5 Å². The van der Waals surface area contributed by atoms with Gasteiger partial charge in [-0.15, -0.1) is 0 Å². The van der Waals surface area contributed by atoms with Crippen LogP contribution in [0.1, 0.15) is 35.0 Å². The highest BCUT2D eigenvalue weighted by molar-refractivity contribution is 5.77. The maximum atomic E-state index is 12.6. The van der Waals surface area contributed by atoms with Crippen molar-refractivity contribution in [3.63, 3.8) is 0 Å². The molecule has 2 aromatic heterocycles. The van der Waals surface area contributed by atoms with Crippen LogP contribution in [-0.2, 0) is 11.3 Å². The number of aromatic hydroxyl groups is 1. The lowest BCUT2D eigenvalue weighted by atomic mass is 9.91.